The Kier molecular flexibility index (Phi) is 4.70. The maximum atomic E-state index is 11.7. The predicted octanol–water partition coefficient (Wildman–Crippen LogP) is 1.79. The summed E-state index contributed by atoms with van der Waals surface area (Å²) < 4.78 is 6.12. The second-order valence-electron chi connectivity index (χ2n) is 4.13. The van der Waals surface area contributed by atoms with Crippen LogP contribution in [0.25, 0.3) is 0 Å². The molecule has 1 aromatic carbocycles. The number of imidazole rings is 1. The predicted molar refractivity (Wildman–Crippen MR) is 74.2 cm³/mol. The summed E-state index contributed by atoms with van der Waals surface area (Å²) in [5.74, 6) is -0.422. The molecular formula is C13H14BrN3O2. The molecule has 1 atom stereocenters. The monoisotopic (exact) mass is 323 g/mol. The minimum Gasteiger partial charge on any atom is -0.460 e. The molecule has 2 rings (SSSR count). The van der Waals surface area contributed by atoms with Crippen molar-refractivity contribution in [2.24, 2.45) is 5.73 Å². The number of nitrogens with two attached hydrogens (primary N) is 1. The number of aromatic nitrogens is 2. The van der Waals surface area contributed by atoms with Crippen LogP contribution >= 0.6 is 15.9 Å². The highest BCUT2D eigenvalue weighted by molar-refractivity contribution is 9.10. The normalized spacial score (nSPS) is 12.1. The standard InChI is InChI=1S/C13H14BrN3O2/c14-10-3-1-2-9(4-10)7-19-13(18)12(15)5-11-6-16-8-17-11/h1-4,6,8,12H,5,7,15H2,(H,16,17)/t12-/m1/s1. The molecule has 6 heteroatoms. The number of esters is 1. The Labute approximate surface area is 119 Å². The Morgan fingerprint density at radius 3 is 3.05 bits per heavy atom. The third-order valence-electron chi connectivity index (χ3n) is 2.57. The number of carbonyl (C=O) groups is 1. The van der Waals surface area contributed by atoms with Gasteiger partial charge in [0.05, 0.1) is 6.33 Å². The summed E-state index contributed by atoms with van der Waals surface area (Å²) in [6, 6.07) is 6.90. The van der Waals surface area contributed by atoms with Gasteiger partial charge in [0.25, 0.3) is 0 Å². The zero-order chi connectivity index (χ0) is 13.7. The first-order chi connectivity index (χ1) is 9.15. The molecule has 0 aliphatic carbocycles. The molecule has 0 spiro atoms. The number of benzene rings is 1. The van der Waals surface area contributed by atoms with E-state index in [1.54, 1.807) is 12.5 Å². The molecule has 5 nitrogen and oxygen atoms in total. The fraction of sp³-hybridized carbons (Fsp3) is 0.231. The van der Waals surface area contributed by atoms with E-state index in [-0.39, 0.29) is 6.61 Å². The van der Waals surface area contributed by atoms with E-state index in [1.807, 2.05) is 24.3 Å². The van der Waals surface area contributed by atoms with Crippen LogP contribution in [-0.4, -0.2) is 22.0 Å². The second kappa shape index (κ2) is 6.49. The van der Waals surface area contributed by atoms with Gasteiger partial charge in [-0.25, -0.2) is 4.98 Å². The molecule has 3 N–H and O–H groups in total. The average molecular weight is 324 g/mol. The van der Waals surface area contributed by atoms with Crippen LogP contribution in [0.15, 0.2) is 41.3 Å². The maximum absolute atomic E-state index is 11.7. The first kappa shape index (κ1) is 13.8. The number of halogens is 1. The quantitative estimate of drug-likeness (QED) is 0.822. The highest BCUT2D eigenvalue weighted by Gasteiger charge is 2.16. The van der Waals surface area contributed by atoms with Gasteiger partial charge in [-0.1, -0.05) is 28.1 Å². The molecule has 0 unspecified atom stereocenters. The first-order valence-corrected chi connectivity index (χ1v) is 6.58. The Hall–Kier alpha value is -1.66. The van der Waals surface area contributed by atoms with Gasteiger partial charge in [-0.05, 0) is 17.7 Å². The lowest BCUT2D eigenvalue weighted by Gasteiger charge is -2.10. The molecule has 1 heterocycles. The lowest BCUT2D eigenvalue weighted by molar-refractivity contribution is -0.146. The van der Waals surface area contributed by atoms with Gasteiger partial charge in [0.2, 0.25) is 0 Å². The van der Waals surface area contributed by atoms with Crippen molar-refractivity contribution >= 4 is 21.9 Å². The van der Waals surface area contributed by atoms with Gasteiger partial charge in [-0.15, -0.1) is 0 Å². The largest absolute Gasteiger partial charge is 0.460 e. The van der Waals surface area contributed by atoms with Crippen molar-refractivity contribution in [1.82, 2.24) is 9.97 Å². The molecule has 0 amide bonds. The zero-order valence-electron chi connectivity index (χ0n) is 10.2. The molecule has 0 fully saturated rings. The highest BCUT2D eigenvalue weighted by atomic mass is 79.9. The smallest absolute Gasteiger partial charge is 0.323 e. The summed E-state index contributed by atoms with van der Waals surface area (Å²) >= 11 is 3.36. The molecule has 1 aromatic heterocycles. The molecule has 2 aromatic rings. The topological polar surface area (TPSA) is 81.0 Å². The summed E-state index contributed by atoms with van der Waals surface area (Å²) in [7, 11) is 0. The lowest BCUT2D eigenvalue weighted by Crippen LogP contribution is -2.34. The molecule has 0 bridgehead atoms. The van der Waals surface area contributed by atoms with Gasteiger partial charge in [-0.2, -0.15) is 0 Å². The van der Waals surface area contributed by atoms with Crippen LogP contribution in [0.1, 0.15) is 11.3 Å². The number of hydrogen-bond donors (Lipinski definition) is 2. The zero-order valence-corrected chi connectivity index (χ0v) is 11.8. The van der Waals surface area contributed by atoms with Crippen LogP contribution in [0.3, 0.4) is 0 Å². The van der Waals surface area contributed by atoms with E-state index in [0.29, 0.717) is 6.42 Å². The summed E-state index contributed by atoms with van der Waals surface area (Å²) in [6.07, 6.45) is 3.58. The van der Waals surface area contributed by atoms with E-state index < -0.39 is 12.0 Å². The Bertz CT molecular complexity index is 543. The Balaban J connectivity index is 1.84. The van der Waals surface area contributed by atoms with E-state index in [4.69, 9.17) is 10.5 Å². The van der Waals surface area contributed by atoms with Crippen LogP contribution in [-0.2, 0) is 22.6 Å². The minimum absolute atomic E-state index is 0.217. The van der Waals surface area contributed by atoms with Gasteiger partial charge in [0.1, 0.15) is 12.6 Å². The number of H-pyrrole nitrogens is 1. The van der Waals surface area contributed by atoms with Crippen LogP contribution < -0.4 is 5.73 Å². The molecule has 0 aliphatic heterocycles. The number of aromatic amines is 1. The summed E-state index contributed by atoms with van der Waals surface area (Å²) in [6.45, 7) is 0.217. The SMILES string of the molecule is N[C@H](Cc1cnc[nH]1)C(=O)OCc1cccc(Br)c1. The molecule has 0 aliphatic rings. The maximum Gasteiger partial charge on any atom is 0.323 e. The van der Waals surface area contributed by atoms with Crippen molar-refractivity contribution in [2.75, 3.05) is 0 Å². The molecule has 0 saturated heterocycles. The van der Waals surface area contributed by atoms with Crippen molar-refractivity contribution < 1.29 is 9.53 Å². The highest BCUT2D eigenvalue weighted by Crippen LogP contribution is 2.12. The van der Waals surface area contributed by atoms with Crippen molar-refractivity contribution in [3.8, 4) is 0 Å². The van der Waals surface area contributed by atoms with Gasteiger partial charge in [0, 0.05) is 22.8 Å². The number of nitrogens with one attached hydrogen (secondary N) is 1. The van der Waals surface area contributed by atoms with Gasteiger partial charge in [-0.3, -0.25) is 4.79 Å². The number of hydrogen-bond acceptors (Lipinski definition) is 4. The first-order valence-electron chi connectivity index (χ1n) is 5.79. The van der Waals surface area contributed by atoms with Gasteiger partial charge >= 0.3 is 5.97 Å². The lowest BCUT2D eigenvalue weighted by atomic mass is 10.2. The van der Waals surface area contributed by atoms with Crippen molar-refractivity contribution in [3.05, 3.63) is 52.5 Å². The van der Waals surface area contributed by atoms with Crippen molar-refractivity contribution in [2.45, 2.75) is 19.1 Å². The van der Waals surface area contributed by atoms with Crippen LogP contribution in [0, 0.1) is 0 Å². The number of nitrogens with zero attached hydrogens (tertiary/aromatic N) is 1. The number of rotatable bonds is 5. The third kappa shape index (κ3) is 4.18. The van der Waals surface area contributed by atoms with E-state index >= 15 is 0 Å². The number of ether oxygens (including phenoxy) is 1. The summed E-state index contributed by atoms with van der Waals surface area (Å²) in [4.78, 5) is 18.5. The van der Waals surface area contributed by atoms with E-state index in [2.05, 4.69) is 25.9 Å². The molecular weight excluding hydrogens is 310 g/mol. The van der Waals surface area contributed by atoms with E-state index in [9.17, 15) is 4.79 Å². The molecule has 19 heavy (non-hydrogen) atoms. The fourth-order valence-corrected chi connectivity index (χ4v) is 2.05. The van der Waals surface area contributed by atoms with Crippen molar-refractivity contribution in [1.29, 1.82) is 0 Å². The van der Waals surface area contributed by atoms with Crippen LogP contribution in [0.5, 0.6) is 0 Å². The number of carbonyl (C=O) groups excluding carboxylic acids is 1. The summed E-state index contributed by atoms with van der Waals surface area (Å²) in [5, 5.41) is 0. The third-order valence-corrected chi connectivity index (χ3v) is 3.06. The van der Waals surface area contributed by atoms with Crippen LogP contribution in [0.2, 0.25) is 0 Å². The van der Waals surface area contributed by atoms with Gasteiger partial charge < -0.3 is 15.5 Å². The van der Waals surface area contributed by atoms with Gasteiger partial charge in [0.15, 0.2) is 0 Å². The molecule has 0 saturated carbocycles. The Morgan fingerprint density at radius 1 is 1.53 bits per heavy atom. The molecule has 0 radical (unpaired) electrons. The fourth-order valence-electron chi connectivity index (χ4n) is 1.60. The van der Waals surface area contributed by atoms with Crippen LogP contribution in [0.4, 0.5) is 0 Å². The van der Waals surface area contributed by atoms with E-state index in [0.717, 1.165) is 15.7 Å². The molecule has 100 valence electrons. The second-order valence-corrected chi connectivity index (χ2v) is 5.04. The minimum atomic E-state index is -0.687. The Morgan fingerprint density at radius 2 is 2.37 bits per heavy atom. The summed E-state index contributed by atoms with van der Waals surface area (Å²) in [5.41, 5.74) is 7.50. The van der Waals surface area contributed by atoms with Crippen molar-refractivity contribution in [3.63, 3.8) is 0 Å². The van der Waals surface area contributed by atoms with E-state index in [1.165, 1.54) is 0 Å². The average Bonchev–Trinajstić information content (AvgIpc) is 2.89.